The summed E-state index contributed by atoms with van der Waals surface area (Å²) in [6.45, 7) is 2.20. The average Bonchev–Trinajstić information content (AvgIpc) is 2.18. The highest BCUT2D eigenvalue weighted by molar-refractivity contribution is 6.42. The molecule has 1 atom stereocenters. The van der Waals surface area contributed by atoms with Gasteiger partial charge in [0.05, 0.1) is 15.0 Å². The minimum Gasteiger partial charge on any atom is -0.378 e. The van der Waals surface area contributed by atoms with Gasteiger partial charge in [0.1, 0.15) is 5.69 Å². The van der Waals surface area contributed by atoms with Crippen LogP contribution >= 0.6 is 23.2 Å². The summed E-state index contributed by atoms with van der Waals surface area (Å²) in [5.74, 6) is 0. The lowest BCUT2D eigenvalue weighted by atomic mass is 10.2. The first-order valence-corrected chi connectivity index (χ1v) is 5.30. The molecule has 7 heteroatoms. The van der Waals surface area contributed by atoms with Gasteiger partial charge < -0.3 is 11.1 Å². The van der Waals surface area contributed by atoms with Crippen molar-refractivity contribution in [3.8, 4) is 0 Å². The number of nitro benzene ring substituents is 1. The highest BCUT2D eigenvalue weighted by Gasteiger charge is 2.16. The average molecular weight is 264 g/mol. The molecule has 5 nitrogen and oxygen atoms in total. The van der Waals surface area contributed by atoms with Crippen molar-refractivity contribution < 1.29 is 4.92 Å². The van der Waals surface area contributed by atoms with Crippen molar-refractivity contribution >= 4 is 34.6 Å². The van der Waals surface area contributed by atoms with Gasteiger partial charge in [0, 0.05) is 18.7 Å². The predicted molar refractivity (Wildman–Crippen MR) is 65.3 cm³/mol. The number of nitro groups is 1. The smallest absolute Gasteiger partial charge is 0.293 e. The molecular weight excluding hydrogens is 253 g/mol. The molecule has 0 saturated carbocycles. The second kappa shape index (κ2) is 5.34. The second-order valence-electron chi connectivity index (χ2n) is 3.40. The Morgan fingerprint density at radius 1 is 1.50 bits per heavy atom. The van der Waals surface area contributed by atoms with Gasteiger partial charge in [-0.2, -0.15) is 0 Å². The van der Waals surface area contributed by atoms with Gasteiger partial charge in [-0.1, -0.05) is 23.2 Å². The Hall–Kier alpha value is -1.04. The van der Waals surface area contributed by atoms with Crippen molar-refractivity contribution in [3.05, 3.63) is 32.3 Å². The summed E-state index contributed by atoms with van der Waals surface area (Å²) in [4.78, 5) is 10.2. The molecule has 0 amide bonds. The Labute approximate surface area is 103 Å². The van der Waals surface area contributed by atoms with Gasteiger partial charge in [0.25, 0.3) is 5.69 Å². The third-order valence-corrected chi connectivity index (χ3v) is 2.57. The minimum atomic E-state index is -0.522. The van der Waals surface area contributed by atoms with E-state index >= 15 is 0 Å². The molecule has 0 fully saturated rings. The number of benzene rings is 1. The Kier molecular flexibility index (Phi) is 4.35. The largest absolute Gasteiger partial charge is 0.378 e. The predicted octanol–water partition coefficient (Wildman–Crippen LogP) is 2.66. The van der Waals surface area contributed by atoms with Crippen LogP contribution in [-0.2, 0) is 0 Å². The highest BCUT2D eigenvalue weighted by Crippen LogP contribution is 2.33. The van der Waals surface area contributed by atoms with E-state index in [1.165, 1.54) is 12.1 Å². The van der Waals surface area contributed by atoms with Crippen molar-refractivity contribution in [1.82, 2.24) is 0 Å². The van der Waals surface area contributed by atoms with Crippen LogP contribution < -0.4 is 11.1 Å². The number of nitrogens with two attached hydrogens (primary N) is 1. The van der Waals surface area contributed by atoms with Crippen molar-refractivity contribution in [2.45, 2.75) is 13.0 Å². The second-order valence-corrected chi connectivity index (χ2v) is 4.21. The fourth-order valence-electron chi connectivity index (χ4n) is 1.10. The number of hydrogen-bond donors (Lipinski definition) is 2. The molecule has 1 aromatic carbocycles. The van der Waals surface area contributed by atoms with Crippen LogP contribution in [0.15, 0.2) is 12.1 Å². The van der Waals surface area contributed by atoms with E-state index < -0.39 is 4.92 Å². The van der Waals surface area contributed by atoms with Crippen LogP contribution in [0.4, 0.5) is 11.4 Å². The van der Waals surface area contributed by atoms with Crippen LogP contribution in [-0.4, -0.2) is 17.5 Å². The van der Waals surface area contributed by atoms with E-state index in [1.54, 1.807) is 6.92 Å². The van der Waals surface area contributed by atoms with E-state index in [9.17, 15) is 10.1 Å². The maximum Gasteiger partial charge on any atom is 0.293 e. The fraction of sp³-hybridized carbons (Fsp3) is 0.333. The van der Waals surface area contributed by atoms with Crippen molar-refractivity contribution in [1.29, 1.82) is 0 Å². The van der Waals surface area contributed by atoms with E-state index in [2.05, 4.69) is 5.32 Å². The number of nitrogens with one attached hydrogen (secondary N) is 1. The number of anilines is 1. The third-order valence-electron chi connectivity index (χ3n) is 1.85. The first-order chi connectivity index (χ1) is 7.41. The van der Waals surface area contributed by atoms with E-state index in [4.69, 9.17) is 28.9 Å². The topological polar surface area (TPSA) is 81.2 Å². The van der Waals surface area contributed by atoms with Crippen LogP contribution in [0.25, 0.3) is 0 Å². The molecule has 1 rings (SSSR count). The molecule has 0 aliphatic rings. The monoisotopic (exact) mass is 263 g/mol. The van der Waals surface area contributed by atoms with Crippen LogP contribution in [0.5, 0.6) is 0 Å². The summed E-state index contributed by atoms with van der Waals surface area (Å²) >= 11 is 11.5. The molecule has 0 spiro atoms. The van der Waals surface area contributed by atoms with Gasteiger partial charge in [-0.3, -0.25) is 10.1 Å². The van der Waals surface area contributed by atoms with Gasteiger partial charge in [-0.05, 0) is 13.0 Å². The van der Waals surface area contributed by atoms with E-state index in [1.807, 2.05) is 0 Å². The van der Waals surface area contributed by atoms with Gasteiger partial charge in [0.15, 0.2) is 0 Å². The van der Waals surface area contributed by atoms with Gasteiger partial charge in [-0.15, -0.1) is 0 Å². The lowest BCUT2D eigenvalue weighted by Gasteiger charge is -2.10. The molecule has 0 aromatic heterocycles. The zero-order valence-electron chi connectivity index (χ0n) is 8.54. The molecule has 0 heterocycles. The van der Waals surface area contributed by atoms with E-state index in [-0.39, 0.29) is 21.8 Å². The van der Waals surface area contributed by atoms with Crippen LogP contribution in [0.3, 0.4) is 0 Å². The maximum atomic E-state index is 10.8. The quantitative estimate of drug-likeness (QED) is 0.647. The minimum absolute atomic E-state index is 0.116. The maximum absolute atomic E-state index is 10.8. The summed E-state index contributed by atoms with van der Waals surface area (Å²) in [5.41, 5.74) is 5.74. The summed E-state index contributed by atoms with van der Waals surface area (Å²) < 4.78 is 0. The Morgan fingerprint density at radius 3 is 2.56 bits per heavy atom. The van der Waals surface area contributed by atoms with Gasteiger partial charge in [0.2, 0.25) is 0 Å². The van der Waals surface area contributed by atoms with Gasteiger partial charge in [-0.25, -0.2) is 0 Å². The lowest BCUT2D eigenvalue weighted by molar-refractivity contribution is -0.383. The Balaban J connectivity index is 3.05. The first kappa shape index (κ1) is 13.0. The molecule has 0 saturated heterocycles. The molecule has 0 aliphatic carbocycles. The molecule has 88 valence electrons. The number of halogens is 2. The molecule has 16 heavy (non-hydrogen) atoms. The van der Waals surface area contributed by atoms with Crippen LogP contribution in [0, 0.1) is 10.1 Å². The molecule has 0 aliphatic heterocycles. The molecule has 0 radical (unpaired) electrons. The van der Waals surface area contributed by atoms with Crippen LogP contribution in [0.1, 0.15) is 6.92 Å². The molecule has 3 N–H and O–H groups in total. The third kappa shape index (κ3) is 3.23. The summed E-state index contributed by atoms with van der Waals surface area (Å²) in [6.07, 6.45) is 0. The molecular formula is C9H11Cl2N3O2. The Bertz CT molecular complexity index is 410. The van der Waals surface area contributed by atoms with Crippen molar-refractivity contribution in [2.24, 2.45) is 5.73 Å². The highest BCUT2D eigenvalue weighted by atomic mass is 35.5. The summed E-state index contributed by atoms with van der Waals surface area (Å²) in [6, 6.07) is 2.52. The zero-order chi connectivity index (χ0) is 12.3. The summed E-state index contributed by atoms with van der Waals surface area (Å²) in [5, 5.41) is 14.0. The molecule has 1 aromatic rings. The van der Waals surface area contributed by atoms with Gasteiger partial charge >= 0.3 is 0 Å². The standard InChI is InChI=1S/C9H11Cl2N3O2/c1-5(12)4-13-8-2-6(10)7(11)3-9(8)14(15)16/h2-3,5,13H,4,12H2,1H3. The Morgan fingerprint density at radius 2 is 2.06 bits per heavy atom. The number of hydrogen-bond acceptors (Lipinski definition) is 4. The first-order valence-electron chi connectivity index (χ1n) is 4.54. The van der Waals surface area contributed by atoms with Crippen molar-refractivity contribution in [3.63, 3.8) is 0 Å². The van der Waals surface area contributed by atoms with E-state index in [0.29, 0.717) is 12.2 Å². The van der Waals surface area contributed by atoms with E-state index in [0.717, 1.165) is 0 Å². The molecule has 1 unspecified atom stereocenters. The SMILES string of the molecule is CC(N)CNc1cc(Cl)c(Cl)cc1[N+](=O)[O-]. The summed E-state index contributed by atoms with van der Waals surface area (Å²) in [7, 11) is 0. The van der Waals surface area contributed by atoms with Crippen LogP contribution in [0.2, 0.25) is 10.0 Å². The molecule has 0 bridgehead atoms. The zero-order valence-corrected chi connectivity index (χ0v) is 10.0. The fourth-order valence-corrected chi connectivity index (χ4v) is 1.42. The number of rotatable bonds is 4. The lowest BCUT2D eigenvalue weighted by Crippen LogP contribution is -2.25. The number of nitrogens with zero attached hydrogens (tertiary/aromatic N) is 1. The van der Waals surface area contributed by atoms with Crippen molar-refractivity contribution in [2.75, 3.05) is 11.9 Å². The normalized spacial score (nSPS) is 12.2.